The fourth-order valence-corrected chi connectivity index (χ4v) is 10.0. The Morgan fingerprint density at radius 3 is 1.32 bits per heavy atom. The summed E-state index contributed by atoms with van der Waals surface area (Å²) in [7, 11) is 0. The summed E-state index contributed by atoms with van der Waals surface area (Å²) in [6.45, 7) is 11.7. The Hall–Kier alpha value is -6.90. The molecule has 16 nitrogen and oxygen atoms in total. The molecule has 0 bridgehead atoms. The number of pyridine rings is 2. The Morgan fingerprint density at radius 1 is 0.568 bits per heavy atom. The molecular weight excluding hydrogens is 1030 g/mol. The van der Waals surface area contributed by atoms with Crippen LogP contribution in [0.15, 0.2) is 85.5 Å². The molecule has 380 valence electrons. The summed E-state index contributed by atoms with van der Waals surface area (Å²) in [6, 6.07) is 20.9. The molecular formula is C52H50Cl4F2N16. The van der Waals surface area contributed by atoms with Crippen LogP contribution in [0.4, 0.5) is 42.9 Å². The molecule has 2 aliphatic heterocycles. The normalized spacial score (nSPS) is 14.6. The van der Waals surface area contributed by atoms with Gasteiger partial charge in [-0.05, 0) is 99.4 Å². The Morgan fingerprint density at radius 2 is 0.959 bits per heavy atom. The van der Waals surface area contributed by atoms with Gasteiger partial charge in [0.25, 0.3) is 0 Å². The first-order valence-corrected chi connectivity index (χ1v) is 25.6. The van der Waals surface area contributed by atoms with E-state index in [4.69, 9.17) is 46.4 Å². The summed E-state index contributed by atoms with van der Waals surface area (Å²) in [4.78, 5) is 13.6. The van der Waals surface area contributed by atoms with Crippen molar-refractivity contribution in [3.8, 4) is 12.1 Å². The van der Waals surface area contributed by atoms with Gasteiger partial charge in [0, 0.05) is 72.1 Å². The van der Waals surface area contributed by atoms with Gasteiger partial charge in [-0.25, -0.2) is 18.1 Å². The predicted octanol–water partition coefficient (Wildman–Crippen LogP) is 12.3. The number of fused-ring (bicyclic) bond motifs is 2. The van der Waals surface area contributed by atoms with Crippen LogP contribution in [-0.4, -0.2) is 89.0 Å². The summed E-state index contributed by atoms with van der Waals surface area (Å²) in [6.07, 6.45) is 11.1. The van der Waals surface area contributed by atoms with Gasteiger partial charge >= 0.3 is 0 Å². The number of nitriles is 2. The van der Waals surface area contributed by atoms with E-state index in [9.17, 15) is 19.3 Å². The van der Waals surface area contributed by atoms with Gasteiger partial charge in [0.05, 0.1) is 91.2 Å². The van der Waals surface area contributed by atoms with E-state index in [1.165, 1.54) is 36.7 Å². The van der Waals surface area contributed by atoms with Crippen molar-refractivity contribution < 1.29 is 8.78 Å². The van der Waals surface area contributed by atoms with Crippen molar-refractivity contribution in [1.82, 2.24) is 49.8 Å². The highest BCUT2D eigenvalue weighted by Crippen LogP contribution is 2.38. The minimum Gasteiger partial charge on any atom is -0.379 e. The molecule has 0 aliphatic carbocycles. The van der Waals surface area contributed by atoms with E-state index < -0.39 is 11.6 Å². The maximum atomic E-state index is 13.6. The van der Waals surface area contributed by atoms with Crippen LogP contribution in [-0.2, 0) is 13.1 Å². The lowest BCUT2D eigenvalue weighted by atomic mass is 10.1. The molecule has 22 heteroatoms. The topological polar surface area (TPSA) is 189 Å². The number of halogens is 6. The fraction of sp³-hybridized carbons (Fsp3) is 0.308. The van der Waals surface area contributed by atoms with Crippen molar-refractivity contribution in [3.63, 3.8) is 0 Å². The van der Waals surface area contributed by atoms with Crippen LogP contribution >= 0.6 is 46.4 Å². The maximum absolute atomic E-state index is 13.6. The second kappa shape index (κ2) is 23.5. The van der Waals surface area contributed by atoms with Crippen LogP contribution in [0.3, 0.4) is 0 Å². The minimum atomic E-state index is -0.523. The second-order valence-electron chi connectivity index (χ2n) is 18.0. The predicted molar refractivity (Wildman–Crippen MR) is 288 cm³/mol. The first-order valence-electron chi connectivity index (χ1n) is 24.1. The molecule has 0 spiro atoms. The van der Waals surface area contributed by atoms with Crippen LogP contribution in [0.2, 0.25) is 20.1 Å². The summed E-state index contributed by atoms with van der Waals surface area (Å²) in [5.74, 6) is -1.05. The number of hydrogen-bond donors (Lipinski definition) is 4. The number of aromatic nitrogens is 8. The molecule has 0 saturated carbocycles. The number of benzene rings is 4. The second-order valence-corrected chi connectivity index (χ2v) is 19.6. The number of nitrogens with one attached hydrogen (secondary N) is 4. The van der Waals surface area contributed by atoms with Crippen molar-refractivity contribution in [1.29, 1.82) is 10.5 Å². The van der Waals surface area contributed by atoms with Gasteiger partial charge in [-0.15, -0.1) is 10.2 Å². The zero-order valence-electron chi connectivity index (χ0n) is 40.4. The van der Waals surface area contributed by atoms with Gasteiger partial charge in [0.15, 0.2) is 0 Å². The summed E-state index contributed by atoms with van der Waals surface area (Å²) >= 11 is 25.0. The summed E-state index contributed by atoms with van der Waals surface area (Å²) in [5, 5.41) is 51.9. The van der Waals surface area contributed by atoms with E-state index >= 15 is 0 Å². The Balaban J connectivity index is 0.000000182. The fourth-order valence-electron chi connectivity index (χ4n) is 9.13. The molecule has 2 aliphatic rings. The molecule has 4 aromatic carbocycles. The van der Waals surface area contributed by atoms with Crippen LogP contribution in [0.25, 0.3) is 21.8 Å². The van der Waals surface area contributed by atoms with Crippen molar-refractivity contribution in [2.24, 2.45) is 0 Å². The van der Waals surface area contributed by atoms with E-state index in [0.29, 0.717) is 90.9 Å². The zero-order chi connectivity index (χ0) is 51.9. The maximum Gasteiger partial charge on any atom is 0.141 e. The summed E-state index contributed by atoms with van der Waals surface area (Å²) < 4.78 is 31.2. The Labute approximate surface area is 446 Å². The number of rotatable bonds is 14. The third-order valence-corrected chi connectivity index (χ3v) is 14.4. The quantitative estimate of drug-likeness (QED) is 0.0805. The average molecular weight is 1080 g/mol. The van der Waals surface area contributed by atoms with Crippen molar-refractivity contribution in [2.75, 3.05) is 60.5 Å². The van der Waals surface area contributed by atoms with E-state index in [1.807, 2.05) is 33.9 Å². The third kappa shape index (κ3) is 12.0. The van der Waals surface area contributed by atoms with E-state index in [2.05, 4.69) is 87.6 Å². The third-order valence-electron chi connectivity index (χ3n) is 13.3. The zero-order valence-corrected chi connectivity index (χ0v) is 43.4. The number of hydrogen-bond acceptors (Lipinski definition) is 14. The lowest BCUT2D eigenvalue weighted by Gasteiger charge is -2.30. The highest BCUT2D eigenvalue weighted by atomic mass is 35.5. The van der Waals surface area contributed by atoms with Gasteiger partial charge in [-0.3, -0.25) is 9.97 Å². The van der Waals surface area contributed by atoms with Gasteiger partial charge in [-0.2, -0.15) is 10.5 Å². The molecule has 0 unspecified atom stereocenters. The Bertz CT molecular complexity index is 3170. The van der Waals surface area contributed by atoms with Crippen LogP contribution in [0.5, 0.6) is 0 Å². The highest BCUT2D eigenvalue weighted by molar-refractivity contribution is 6.36. The number of nitrogens with zero attached hydrogens (tertiary/aromatic N) is 12. The first kappa shape index (κ1) is 52.0. The lowest BCUT2D eigenvalue weighted by Crippen LogP contribution is -2.34. The van der Waals surface area contributed by atoms with E-state index in [0.717, 1.165) is 87.7 Å². The molecule has 74 heavy (non-hydrogen) atoms. The van der Waals surface area contributed by atoms with Gasteiger partial charge in [0.2, 0.25) is 0 Å². The Kier molecular flexibility index (Phi) is 16.5. The highest BCUT2D eigenvalue weighted by Gasteiger charge is 2.23. The largest absolute Gasteiger partial charge is 0.379 e. The number of anilines is 6. The van der Waals surface area contributed by atoms with Crippen molar-refractivity contribution in [2.45, 2.75) is 64.7 Å². The molecule has 6 heterocycles. The molecule has 2 saturated heterocycles. The van der Waals surface area contributed by atoms with E-state index in [-0.39, 0.29) is 10.0 Å². The first-order chi connectivity index (χ1) is 35.9. The molecule has 4 aromatic heterocycles. The molecule has 4 N–H and O–H groups in total. The number of piperidine rings is 2. The van der Waals surface area contributed by atoms with Crippen molar-refractivity contribution >= 4 is 102 Å². The molecule has 0 radical (unpaired) electrons. The number of likely N-dealkylation sites (tertiary alicyclic amines) is 2. The van der Waals surface area contributed by atoms with Gasteiger partial charge in [0.1, 0.15) is 35.2 Å². The molecule has 0 amide bonds. The van der Waals surface area contributed by atoms with Crippen LogP contribution in [0, 0.1) is 34.3 Å². The van der Waals surface area contributed by atoms with Gasteiger partial charge < -0.3 is 31.1 Å². The monoisotopic (exact) mass is 1080 g/mol. The van der Waals surface area contributed by atoms with Gasteiger partial charge in [-0.1, -0.05) is 70.7 Å². The SMILES string of the molecule is CCN1CCC(n2cc(CNc3cc(Cl)c4ncc(C#N)c(Nc5ccc(F)c(Cl)c5)c4c3)nn2)CC1.CCN1CCC(n2cc(CNc3cc(Cl)c4ncc(C#N)c(Nc5ccc(F)c(Cl)c5)c4c3)nn2)CC1. The summed E-state index contributed by atoms with van der Waals surface area (Å²) in [5.41, 5.74) is 6.89. The smallest absolute Gasteiger partial charge is 0.141 e. The van der Waals surface area contributed by atoms with Crippen LogP contribution in [0.1, 0.15) is 74.1 Å². The average Bonchev–Trinajstić information content (AvgIpc) is 4.11. The molecule has 8 aromatic rings. The molecule has 2 fully saturated rings. The minimum absolute atomic E-state index is 0.0220. The molecule has 10 rings (SSSR count). The van der Waals surface area contributed by atoms with E-state index in [1.54, 1.807) is 24.3 Å². The van der Waals surface area contributed by atoms with Crippen LogP contribution < -0.4 is 21.3 Å². The lowest BCUT2D eigenvalue weighted by molar-refractivity contribution is 0.186. The molecule has 0 atom stereocenters. The van der Waals surface area contributed by atoms with Crippen molar-refractivity contribution in [3.05, 3.63) is 140 Å². The standard InChI is InChI=1S/2C26H25Cl2FN8/c2*1-2-36-7-5-20(6-8-36)37-15-19(34-35-37)14-31-18-9-21-25(33-17-3-4-24(29)22(27)10-17)16(12-30)13-32-26(21)23(28)11-18/h2*3-4,9-11,13,15,20,31H,2,5-8,14H2,1H3,(H,32,33).